The maximum absolute atomic E-state index is 12.6. The van der Waals surface area contributed by atoms with E-state index in [4.69, 9.17) is 16.4 Å². The highest BCUT2D eigenvalue weighted by molar-refractivity contribution is 7.17. The Morgan fingerprint density at radius 3 is 2.56 bits per heavy atom. The fourth-order valence-electron chi connectivity index (χ4n) is 3.18. The molecule has 0 unspecified atom stereocenters. The number of amides is 1. The van der Waals surface area contributed by atoms with Gasteiger partial charge >= 0.3 is 6.18 Å². The van der Waals surface area contributed by atoms with Crippen LogP contribution in [0.4, 0.5) is 35.6 Å². The molecule has 0 spiro atoms. The Labute approximate surface area is 214 Å². The Morgan fingerprint density at radius 2 is 1.92 bits per heavy atom. The second-order valence-electron chi connectivity index (χ2n) is 7.60. The van der Waals surface area contributed by atoms with Crippen molar-refractivity contribution >= 4 is 57.6 Å². The van der Waals surface area contributed by atoms with Gasteiger partial charge in [-0.15, -0.1) is 0 Å². The maximum atomic E-state index is 12.6. The normalized spacial score (nSPS) is 13.4. The number of aryl methyl sites for hydroxylation is 2. The van der Waals surface area contributed by atoms with Gasteiger partial charge < -0.3 is 20.9 Å². The van der Waals surface area contributed by atoms with Crippen LogP contribution in [0, 0.1) is 13.8 Å². The Morgan fingerprint density at radius 1 is 1.22 bits per heavy atom. The van der Waals surface area contributed by atoms with Gasteiger partial charge in [-0.25, -0.2) is 15.0 Å². The van der Waals surface area contributed by atoms with Gasteiger partial charge in [-0.2, -0.15) is 13.2 Å². The third kappa shape index (κ3) is 7.86. The zero-order chi connectivity index (χ0) is 26.3. The maximum Gasteiger partial charge on any atom is 0.446 e. The summed E-state index contributed by atoms with van der Waals surface area (Å²) in [6.45, 7) is 7.43. The Hall–Kier alpha value is -3.29. The number of anilines is 4. The highest BCUT2D eigenvalue weighted by Crippen LogP contribution is 2.28. The van der Waals surface area contributed by atoms with Gasteiger partial charge in [0, 0.05) is 32.2 Å². The topological polar surface area (TPSA) is 112 Å². The summed E-state index contributed by atoms with van der Waals surface area (Å²) in [4.78, 5) is 37.4. The second kappa shape index (κ2) is 12.1. The molecule has 0 saturated carbocycles. The molecule has 3 N–H and O–H groups in total. The molecule has 192 valence electrons. The molecule has 3 aromatic rings. The molecule has 9 nitrogen and oxygen atoms in total. The van der Waals surface area contributed by atoms with Crippen molar-refractivity contribution in [2.45, 2.75) is 20.0 Å². The molecule has 0 aliphatic carbocycles. The molecule has 1 amide bonds. The van der Waals surface area contributed by atoms with E-state index < -0.39 is 12.5 Å². The average molecular weight is 542 g/mol. The first-order chi connectivity index (χ1) is 17.1. The predicted molar refractivity (Wildman–Crippen MR) is 134 cm³/mol. The fourth-order valence-corrected chi connectivity index (χ4v) is 4.17. The standard InChI is InChI=1S/C20H22ClN7OS.C2HF3O/c1-12-4-3-5-14(21)18(12)27-19(29)15-11-23-20(30-15)26-16-10-17(25-13(2)24-16)28-8-6-22-7-9-28;3-2(4,5)1-6/h3-5,10-11,22H,6-9H2,1-2H3,(H,27,29)(H,23,24,25,26);1H. The van der Waals surface area contributed by atoms with E-state index in [9.17, 15) is 18.0 Å². The van der Waals surface area contributed by atoms with Crippen LogP contribution in [0.1, 0.15) is 21.1 Å². The highest BCUT2D eigenvalue weighted by atomic mass is 35.5. The van der Waals surface area contributed by atoms with E-state index in [2.05, 4.69) is 35.8 Å². The first-order valence-electron chi connectivity index (χ1n) is 10.7. The number of hydrogen-bond donors (Lipinski definition) is 3. The van der Waals surface area contributed by atoms with Crippen LogP contribution in [-0.4, -0.2) is 59.5 Å². The molecule has 0 bridgehead atoms. The van der Waals surface area contributed by atoms with Gasteiger partial charge in [-0.3, -0.25) is 9.59 Å². The Balaban J connectivity index is 0.000000538. The first kappa shape index (κ1) is 27.3. The zero-order valence-electron chi connectivity index (χ0n) is 19.3. The molecule has 36 heavy (non-hydrogen) atoms. The molecule has 1 fully saturated rings. The lowest BCUT2D eigenvalue weighted by Crippen LogP contribution is -2.44. The summed E-state index contributed by atoms with van der Waals surface area (Å²) in [6, 6.07) is 7.40. The number of benzene rings is 1. The zero-order valence-corrected chi connectivity index (χ0v) is 20.9. The van der Waals surface area contributed by atoms with Gasteiger partial charge in [-0.05, 0) is 25.5 Å². The van der Waals surface area contributed by atoms with Crippen LogP contribution in [0.15, 0.2) is 30.5 Å². The lowest BCUT2D eigenvalue weighted by Gasteiger charge is -2.28. The molecule has 1 aromatic carbocycles. The van der Waals surface area contributed by atoms with Crippen molar-refractivity contribution in [2.75, 3.05) is 41.7 Å². The number of carbonyl (C=O) groups is 2. The molecule has 4 rings (SSSR count). The largest absolute Gasteiger partial charge is 0.446 e. The van der Waals surface area contributed by atoms with Crippen LogP contribution in [0.25, 0.3) is 0 Å². The summed E-state index contributed by atoms with van der Waals surface area (Å²) in [5.41, 5.74) is 1.51. The number of carbonyl (C=O) groups excluding carboxylic acids is 2. The van der Waals surface area contributed by atoms with E-state index in [0.29, 0.717) is 32.4 Å². The van der Waals surface area contributed by atoms with Crippen LogP contribution < -0.4 is 20.9 Å². The number of aromatic nitrogens is 3. The van der Waals surface area contributed by atoms with Crippen LogP contribution >= 0.6 is 22.9 Å². The molecule has 1 saturated heterocycles. The van der Waals surface area contributed by atoms with E-state index in [0.717, 1.165) is 37.6 Å². The quantitative estimate of drug-likeness (QED) is 0.409. The molecule has 1 aliphatic rings. The van der Waals surface area contributed by atoms with Gasteiger partial charge in [0.25, 0.3) is 5.91 Å². The minimum absolute atomic E-state index is 0.253. The summed E-state index contributed by atoms with van der Waals surface area (Å²) in [6.07, 6.45) is -4.16. The van der Waals surface area contributed by atoms with Crippen molar-refractivity contribution in [3.63, 3.8) is 0 Å². The number of piperazine rings is 1. The Kier molecular flexibility index (Phi) is 9.18. The van der Waals surface area contributed by atoms with Crippen molar-refractivity contribution < 1.29 is 22.8 Å². The van der Waals surface area contributed by atoms with Gasteiger partial charge in [0.05, 0.1) is 16.9 Å². The average Bonchev–Trinajstić information content (AvgIpc) is 3.30. The van der Waals surface area contributed by atoms with E-state index in [-0.39, 0.29) is 5.91 Å². The molecule has 0 radical (unpaired) electrons. The van der Waals surface area contributed by atoms with Gasteiger partial charge in [0.1, 0.15) is 22.3 Å². The van der Waals surface area contributed by atoms with Crippen molar-refractivity contribution in [2.24, 2.45) is 0 Å². The van der Waals surface area contributed by atoms with E-state index in [1.54, 1.807) is 12.3 Å². The molecule has 14 heteroatoms. The molecular formula is C22H23ClF3N7O2S. The van der Waals surface area contributed by atoms with Crippen molar-refractivity contribution in [3.8, 4) is 0 Å². The molecular weight excluding hydrogens is 519 g/mol. The van der Waals surface area contributed by atoms with Gasteiger partial charge in [-0.1, -0.05) is 35.1 Å². The lowest BCUT2D eigenvalue weighted by molar-refractivity contribution is -0.156. The first-order valence-corrected chi connectivity index (χ1v) is 11.9. The predicted octanol–water partition coefficient (Wildman–Crippen LogP) is 4.36. The molecule has 3 heterocycles. The number of para-hydroxylation sites is 1. The summed E-state index contributed by atoms with van der Waals surface area (Å²) in [7, 11) is 0. The smallest absolute Gasteiger partial charge is 0.354 e. The highest BCUT2D eigenvalue weighted by Gasteiger charge is 2.25. The summed E-state index contributed by atoms with van der Waals surface area (Å²) in [5, 5.41) is 10.5. The minimum Gasteiger partial charge on any atom is -0.354 e. The number of thiazole rings is 1. The third-order valence-corrected chi connectivity index (χ3v) is 6.05. The van der Waals surface area contributed by atoms with Crippen molar-refractivity contribution in [3.05, 3.63) is 51.7 Å². The van der Waals surface area contributed by atoms with Crippen LogP contribution in [0.3, 0.4) is 0 Å². The number of halogens is 4. The van der Waals surface area contributed by atoms with Gasteiger partial charge in [0.2, 0.25) is 6.29 Å². The number of nitrogens with one attached hydrogen (secondary N) is 3. The lowest BCUT2D eigenvalue weighted by atomic mass is 10.2. The number of alkyl halides is 3. The van der Waals surface area contributed by atoms with E-state index in [1.807, 2.05) is 32.0 Å². The molecule has 0 atom stereocenters. The molecule has 2 aromatic heterocycles. The molecule has 1 aliphatic heterocycles. The van der Waals surface area contributed by atoms with Crippen molar-refractivity contribution in [1.82, 2.24) is 20.3 Å². The number of nitrogens with zero attached hydrogens (tertiary/aromatic N) is 4. The number of hydrogen-bond acceptors (Lipinski definition) is 9. The van der Waals surface area contributed by atoms with Crippen LogP contribution in [-0.2, 0) is 4.79 Å². The van der Waals surface area contributed by atoms with E-state index in [1.165, 1.54) is 11.3 Å². The summed E-state index contributed by atoms with van der Waals surface area (Å²) in [5.74, 6) is 1.96. The number of aldehydes is 1. The van der Waals surface area contributed by atoms with E-state index >= 15 is 0 Å². The van der Waals surface area contributed by atoms with Crippen LogP contribution in [0.5, 0.6) is 0 Å². The fraction of sp³-hybridized carbons (Fsp3) is 0.318. The van der Waals surface area contributed by atoms with Crippen molar-refractivity contribution in [1.29, 1.82) is 0 Å². The number of rotatable bonds is 5. The Bertz CT molecular complexity index is 1200. The minimum atomic E-state index is -4.64. The summed E-state index contributed by atoms with van der Waals surface area (Å²) >= 11 is 7.46. The third-order valence-electron chi connectivity index (χ3n) is 4.82. The second-order valence-corrected chi connectivity index (χ2v) is 9.03. The van der Waals surface area contributed by atoms with Gasteiger partial charge in [0.15, 0.2) is 5.13 Å². The van der Waals surface area contributed by atoms with Crippen LogP contribution in [0.2, 0.25) is 5.02 Å². The summed E-state index contributed by atoms with van der Waals surface area (Å²) < 4.78 is 31.2. The SMILES string of the molecule is Cc1nc(Nc2ncc(C(=O)Nc3c(C)cccc3Cl)s2)cc(N2CCNCC2)n1.O=CC(F)(F)F. The monoisotopic (exact) mass is 541 g/mol.